The van der Waals surface area contributed by atoms with Crippen LogP contribution in [0.5, 0.6) is 0 Å². The zero-order chi connectivity index (χ0) is 16.2. The number of carbonyl (C=O) groups excluding carboxylic acids is 3. The summed E-state index contributed by atoms with van der Waals surface area (Å²) in [6.07, 6.45) is 1.37. The number of carbonyl (C=O) groups is 3. The van der Waals surface area contributed by atoms with Crippen LogP contribution in [-0.2, 0) is 19.1 Å². The SMILES string of the molecule is CC(C)NC(=O)COC(=O)[C@@H]1CCCN1C(=O)C(C)(C)C. The van der Waals surface area contributed by atoms with Gasteiger partial charge in [-0.1, -0.05) is 20.8 Å². The van der Waals surface area contributed by atoms with Gasteiger partial charge in [0.05, 0.1) is 0 Å². The first kappa shape index (κ1) is 17.5. The second-order valence-electron chi connectivity index (χ2n) is 6.74. The molecule has 21 heavy (non-hydrogen) atoms. The highest BCUT2D eigenvalue weighted by atomic mass is 16.5. The third kappa shape index (κ3) is 5.02. The lowest BCUT2D eigenvalue weighted by molar-refractivity contribution is -0.158. The number of likely N-dealkylation sites (tertiary alicyclic amines) is 1. The summed E-state index contributed by atoms with van der Waals surface area (Å²) in [4.78, 5) is 37.4. The predicted octanol–water partition coefficient (Wildman–Crippen LogP) is 1.09. The largest absolute Gasteiger partial charge is 0.454 e. The number of nitrogens with zero attached hydrogens (tertiary/aromatic N) is 1. The van der Waals surface area contributed by atoms with Gasteiger partial charge in [0, 0.05) is 18.0 Å². The summed E-state index contributed by atoms with van der Waals surface area (Å²) in [6, 6.07) is -0.565. The fourth-order valence-corrected chi connectivity index (χ4v) is 2.28. The van der Waals surface area contributed by atoms with Gasteiger partial charge in [0.15, 0.2) is 6.61 Å². The minimum Gasteiger partial charge on any atom is -0.454 e. The Morgan fingerprint density at radius 2 is 1.90 bits per heavy atom. The van der Waals surface area contributed by atoms with Crippen molar-refractivity contribution < 1.29 is 19.1 Å². The van der Waals surface area contributed by atoms with E-state index in [0.717, 1.165) is 6.42 Å². The van der Waals surface area contributed by atoms with E-state index in [-0.39, 0.29) is 24.5 Å². The van der Waals surface area contributed by atoms with E-state index in [0.29, 0.717) is 13.0 Å². The Morgan fingerprint density at radius 3 is 2.43 bits per heavy atom. The summed E-state index contributed by atoms with van der Waals surface area (Å²) in [5.41, 5.74) is -0.530. The number of amides is 2. The molecule has 2 amide bonds. The maximum Gasteiger partial charge on any atom is 0.329 e. The lowest BCUT2D eigenvalue weighted by Crippen LogP contribution is -2.47. The Morgan fingerprint density at radius 1 is 1.29 bits per heavy atom. The molecule has 0 radical (unpaired) electrons. The summed E-state index contributed by atoms with van der Waals surface area (Å²) >= 11 is 0. The van der Waals surface area contributed by atoms with E-state index in [9.17, 15) is 14.4 Å². The number of hydrogen-bond donors (Lipinski definition) is 1. The third-order valence-electron chi connectivity index (χ3n) is 3.22. The lowest BCUT2D eigenvalue weighted by atomic mass is 9.94. The van der Waals surface area contributed by atoms with Crippen LogP contribution in [0.3, 0.4) is 0 Å². The van der Waals surface area contributed by atoms with Crippen molar-refractivity contribution in [3.63, 3.8) is 0 Å². The van der Waals surface area contributed by atoms with E-state index in [1.54, 1.807) is 4.90 Å². The van der Waals surface area contributed by atoms with Gasteiger partial charge in [-0.05, 0) is 26.7 Å². The summed E-state index contributed by atoms with van der Waals surface area (Å²) in [6.45, 7) is 9.41. The molecule has 1 rings (SSSR count). The van der Waals surface area contributed by atoms with Crippen LogP contribution in [0.2, 0.25) is 0 Å². The first-order valence-corrected chi connectivity index (χ1v) is 7.40. The van der Waals surface area contributed by atoms with Gasteiger partial charge in [-0.2, -0.15) is 0 Å². The van der Waals surface area contributed by atoms with Crippen molar-refractivity contribution in [3.05, 3.63) is 0 Å². The summed E-state index contributed by atoms with van der Waals surface area (Å²) in [5, 5.41) is 2.65. The Balaban J connectivity index is 2.57. The molecule has 120 valence electrons. The molecule has 1 aliphatic rings. The Hall–Kier alpha value is -1.59. The molecule has 1 N–H and O–H groups in total. The van der Waals surface area contributed by atoms with E-state index in [4.69, 9.17) is 4.74 Å². The standard InChI is InChI=1S/C15H26N2O4/c1-10(2)16-12(18)9-21-13(19)11-7-6-8-17(11)14(20)15(3,4)5/h10-11H,6-9H2,1-5H3,(H,16,18)/t11-/m0/s1. The molecule has 0 aromatic rings. The highest BCUT2D eigenvalue weighted by Gasteiger charge is 2.39. The van der Waals surface area contributed by atoms with Crippen LogP contribution in [0, 0.1) is 5.41 Å². The third-order valence-corrected chi connectivity index (χ3v) is 3.22. The van der Waals surface area contributed by atoms with Crippen molar-refractivity contribution in [2.75, 3.05) is 13.2 Å². The molecule has 0 spiro atoms. The Kier molecular flexibility index (Phi) is 5.75. The van der Waals surface area contributed by atoms with Crippen LogP contribution < -0.4 is 5.32 Å². The Bertz CT molecular complexity index is 412. The van der Waals surface area contributed by atoms with Crippen LogP contribution >= 0.6 is 0 Å². The monoisotopic (exact) mass is 298 g/mol. The molecule has 0 saturated carbocycles. The summed E-state index contributed by atoms with van der Waals surface area (Å²) in [7, 11) is 0. The van der Waals surface area contributed by atoms with Crippen molar-refractivity contribution in [3.8, 4) is 0 Å². The molecular formula is C15H26N2O4. The number of nitrogens with one attached hydrogen (secondary N) is 1. The maximum atomic E-state index is 12.3. The topological polar surface area (TPSA) is 75.7 Å². The van der Waals surface area contributed by atoms with Crippen LogP contribution in [-0.4, -0.2) is 47.9 Å². The quantitative estimate of drug-likeness (QED) is 0.788. The number of ether oxygens (including phenoxy) is 1. The minimum absolute atomic E-state index is 0.00153. The van der Waals surface area contributed by atoms with E-state index >= 15 is 0 Å². The smallest absolute Gasteiger partial charge is 0.329 e. The van der Waals surface area contributed by atoms with Crippen LogP contribution in [0.15, 0.2) is 0 Å². The van der Waals surface area contributed by atoms with Crippen molar-refractivity contribution in [1.82, 2.24) is 10.2 Å². The molecule has 1 fully saturated rings. The highest BCUT2D eigenvalue weighted by molar-refractivity contribution is 5.89. The van der Waals surface area contributed by atoms with Crippen LogP contribution in [0.4, 0.5) is 0 Å². The molecule has 0 aromatic carbocycles. The molecule has 0 bridgehead atoms. The minimum atomic E-state index is -0.566. The van der Waals surface area contributed by atoms with Gasteiger partial charge in [-0.3, -0.25) is 9.59 Å². The number of rotatable bonds is 4. The molecular weight excluding hydrogens is 272 g/mol. The molecule has 6 heteroatoms. The number of esters is 1. The van der Waals surface area contributed by atoms with Gasteiger partial charge in [-0.25, -0.2) is 4.79 Å². The summed E-state index contributed by atoms with van der Waals surface area (Å²) in [5.74, 6) is -0.886. The Labute approximate surface area is 126 Å². The van der Waals surface area contributed by atoms with Gasteiger partial charge >= 0.3 is 5.97 Å². The van der Waals surface area contributed by atoms with E-state index in [1.165, 1.54) is 0 Å². The second-order valence-corrected chi connectivity index (χ2v) is 6.74. The van der Waals surface area contributed by atoms with Crippen molar-refractivity contribution >= 4 is 17.8 Å². The molecule has 1 aliphatic heterocycles. The second kappa shape index (κ2) is 6.91. The zero-order valence-electron chi connectivity index (χ0n) is 13.6. The molecule has 0 aromatic heterocycles. The fourth-order valence-electron chi connectivity index (χ4n) is 2.28. The normalized spacial score (nSPS) is 18.8. The fraction of sp³-hybridized carbons (Fsp3) is 0.800. The molecule has 0 unspecified atom stereocenters. The average Bonchev–Trinajstić information content (AvgIpc) is 2.81. The molecule has 1 atom stereocenters. The van der Waals surface area contributed by atoms with Gasteiger partial charge in [0.25, 0.3) is 5.91 Å². The van der Waals surface area contributed by atoms with Gasteiger partial charge in [0.1, 0.15) is 6.04 Å². The molecule has 6 nitrogen and oxygen atoms in total. The predicted molar refractivity (Wildman–Crippen MR) is 78.4 cm³/mol. The molecule has 1 heterocycles. The van der Waals surface area contributed by atoms with Crippen molar-refractivity contribution in [1.29, 1.82) is 0 Å². The average molecular weight is 298 g/mol. The highest BCUT2D eigenvalue weighted by Crippen LogP contribution is 2.25. The number of hydrogen-bond acceptors (Lipinski definition) is 4. The van der Waals surface area contributed by atoms with Crippen molar-refractivity contribution in [2.24, 2.45) is 5.41 Å². The zero-order valence-corrected chi connectivity index (χ0v) is 13.6. The molecule has 1 saturated heterocycles. The maximum absolute atomic E-state index is 12.3. The molecule has 0 aliphatic carbocycles. The van der Waals surface area contributed by atoms with Crippen LogP contribution in [0.1, 0.15) is 47.5 Å². The first-order valence-electron chi connectivity index (χ1n) is 7.40. The van der Waals surface area contributed by atoms with Gasteiger partial charge in [0.2, 0.25) is 5.91 Å². The van der Waals surface area contributed by atoms with E-state index in [2.05, 4.69) is 5.32 Å². The van der Waals surface area contributed by atoms with E-state index in [1.807, 2.05) is 34.6 Å². The van der Waals surface area contributed by atoms with E-state index < -0.39 is 17.4 Å². The van der Waals surface area contributed by atoms with Gasteiger partial charge < -0.3 is 15.0 Å². The van der Waals surface area contributed by atoms with Crippen molar-refractivity contribution in [2.45, 2.75) is 59.5 Å². The lowest BCUT2D eigenvalue weighted by Gasteiger charge is -2.29. The summed E-state index contributed by atoms with van der Waals surface area (Å²) < 4.78 is 5.04. The first-order chi connectivity index (χ1) is 9.62. The van der Waals surface area contributed by atoms with Crippen LogP contribution in [0.25, 0.3) is 0 Å². The van der Waals surface area contributed by atoms with Gasteiger partial charge in [-0.15, -0.1) is 0 Å².